The Bertz CT molecular complexity index is 2020. The number of ketones is 1. The Kier molecular flexibility index (Phi) is 7.66. The number of aromatic nitrogens is 3. The average Bonchev–Trinajstić information content (AvgIpc) is 3.65. The van der Waals surface area contributed by atoms with Crippen molar-refractivity contribution in [1.82, 2.24) is 19.2 Å². The number of nitrogens with zero attached hydrogens (tertiary/aromatic N) is 4. The maximum atomic E-state index is 14.0. The topological polar surface area (TPSA) is 107 Å². The summed E-state index contributed by atoms with van der Waals surface area (Å²) in [6.07, 6.45) is 9.45. The summed E-state index contributed by atoms with van der Waals surface area (Å²) in [4.78, 5) is 40.7. The van der Waals surface area contributed by atoms with Crippen molar-refractivity contribution < 1.29 is 24.2 Å². The van der Waals surface area contributed by atoms with Gasteiger partial charge in [-0.25, -0.2) is 4.79 Å². The number of benzene rings is 3. The number of hydrogen-bond acceptors (Lipinski definition) is 5. The van der Waals surface area contributed by atoms with Gasteiger partial charge in [0.2, 0.25) is 0 Å². The number of likely N-dealkylation sites (tertiary alicyclic amines) is 1. The van der Waals surface area contributed by atoms with E-state index in [9.17, 15) is 19.5 Å². The zero-order chi connectivity index (χ0) is 30.9. The molecule has 2 aromatic heterocycles. The fraction of sp³-hybridized carbons (Fsp3) is 0.278. The van der Waals surface area contributed by atoms with Crippen LogP contribution < -0.4 is 4.74 Å². The van der Waals surface area contributed by atoms with Crippen LogP contribution >= 0.6 is 0 Å². The van der Waals surface area contributed by atoms with Gasteiger partial charge in [0.15, 0.2) is 5.78 Å². The minimum atomic E-state index is -0.972. The fourth-order valence-electron chi connectivity index (χ4n) is 6.91. The Balaban J connectivity index is 0.00000338. The molecular formula is C36H33N4NaO5. The van der Waals surface area contributed by atoms with Gasteiger partial charge in [0, 0.05) is 73.4 Å². The van der Waals surface area contributed by atoms with Crippen LogP contribution in [0, 0.1) is 0 Å². The molecule has 1 aliphatic carbocycles. The van der Waals surface area contributed by atoms with Gasteiger partial charge in [-0.15, -0.1) is 0 Å². The Labute approximate surface area is 288 Å². The molecule has 2 fully saturated rings. The normalized spacial score (nSPS) is 17.0. The van der Waals surface area contributed by atoms with Crippen LogP contribution in [0.3, 0.4) is 0 Å². The molecule has 228 valence electrons. The van der Waals surface area contributed by atoms with Gasteiger partial charge in [-0.05, 0) is 72.0 Å². The number of carboxylic acids is 1. The first-order valence-corrected chi connectivity index (χ1v) is 15.4. The summed E-state index contributed by atoms with van der Waals surface area (Å²) >= 11 is 0. The summed E-state index contributed by atoms with van der Waals surface area (Å²) in [5.74, 6) is -0.363. The van der Waals surface area contributed by atoms with E-state index in [2.05, 4.69) is 21.9 Å². The first-order valence-electron chi connectivity index (χ1n) is 15.4. The Morgan fingerprint density at radius 3 is 2.33 bits per heavy atom. The minimum absolute atomic E-state index is 0. The van der Waals surface area contributed by atoms with Gasteiger partial charge in [-0.1, -0.05) is 18.2 Å². The fourth-order valence-corrected chi connectivity index (χ4v) is 6.91. The molecule has 0 radical (unpaired) electrons. The number of aromatic carboxylic acids is 1. The molecule has 1 amide bonds. The van der Waals surface area contributed by atoms with Crippen molar-refractivity contribution in [2.75, 3.05) is 13.1 Å². The summed E-state index contributed by atoms with van der Waals surface area (Å²) in [7, 11) is 1.86. The second-order valence-electron chi connectivity index (χ2n) is 12.6. The van der Waals surface area contributed by atoms with E-state index < -0.39 is 11.6 Å². The molecule has 0 unspecified atom stereocenters. The van der Waals surface area contributed by atoms with E-state index in [4.69, 9.17) is 4.74 Å². The number of carbonyl (C=O) groups is 3. The number of fused-ring (bicyclic) bond motifs is 2. The molecule has 1 saturated carbocycles. The monoisotopic (exact) mass is 624 g/mol. The van der Waals surface area contributed by atoms with Gasteiger partial charge in [0.1, 0.15) is 11.4 Å². The molecule has 10 heteroatoms. The molecule has 0 atom stereocenters. The molecule has 1 N–H and O–H groups in total. The molecule has 8 rings (SSSR count). The van der Waals surface area contributed by atoms with E-state index >= 15 is 0 Å². The molecule has 4 heterocycles. The van der Waals surface area contributed by atoms with E-state index in [1.807, 2.05) is 48.5 Å². The second-order valence-corrected chi connectivity index (χ2v) is 12.6. The van der Waals surface area contributed by atoms with Crippen molar-refractivity contribution in [3.63, 3.8) is 0 Å². The van der Waals surface area contributed by atoms with Crippen LogP contribution in [0.25, 0.3) is 33.2 Å². The summed E-state index contributed by atoms with van der Waals surface area (Å²) < 4.78 is 10.5. The predicted octanol–water partition coefficient (Wildman–Crippen LogP) is 5.73. The number of piperidine rings is 1. The van der Waals surface area contributed by atoms with Crippen molar-refractivity contribution >= 4 is 58.1 Å². The van der Waals surface area contributed by atoms with Crippen LogP contribution in [-0.4, -0.2) is 90.3 Å². The van der Waals surface area contributed by atoms with Gasteiger partial charge in [0.25, 0.3) is 5.91 Å². The van der Waals surface area contributed by atoms with Crippen LogP contribution in [0.2, 0.25) is 0 Å². The third kappa shape index (κ3) is 5.36. The van der Waals surface area contributed by atoms with Crippen LogP contribution in [0.15, 0.2) is 79.3 Å². The zero-order valence-electron chi connectivity index (χ0n) is 24.9. The van der Waals surface area contributed by atoms with Crippen LogP contribution in [-0.2, 0) is 7.05 Å². The third-order valence-corrected chi connectivity index (χ3v) is 9.56. The number of rotatable bonds is 5. The third-order valence-electron chi connectivity index (χ3n) is 9.56. The summed E-state index contributed by atoms with van der Waals surface area (Å²) in [6.45, 7) is 0.971. The molecular weight excluding hydrogens is 591 g/mol. The molecule has 3 aliphatic rings. The number of Topliss-reactive ketones (excluding diaryl/α,β-unsaturated/α-hetero) is 1. The van der Waals surface area contributed by atoms with Gasteiger partial charge in [0.05, 0.1) is 23.7 Å². The maximum absolute atomic E-state index is 14.0. The van der Waals surface area contributed by atoms with E-state index in [-0.39, 0.29) is 53.2 Å². The van der Waals surface area contributed by atoms with Crippen molar-refractivity contribution in [3.05, 3.63) is 95.9 Å². The van der Waals surface area contributed by atoms with Crippen molar-refractivity contribution in [2.24, 2.45) is 7.05 Å². The zero-order valence-corrected chi connectivity index (χ0v) is 24.9. The van der Waals surface area contributed by atoms with E-state index in [1.165, 1.54) is 0 Å². The van der Waals surface area contributed by atoms with Crippen molar-refractivity contribution in [3.8, 4) is 28.0 Å². The number of aryl methyl sites for hydroxylation is 1. The summed E-state index contributed by atoms with van der Waals surface area (Å²) in [5, 5.41) is 14.7. The van der Waals surface area contributed by atoms with Gasteiger partial charge >= 0.3 is 35.5 Å². The Hall–Kier alpha value is -4.18. The van der Waals surface area contributed by atoms with Crippen molar-refractivity contribution in [2.45, 2.75) is 43.7 Å². The first-order chi connectivity index (χ1) is 21.8. The number of ether oxygens (including phenoxy) is 1. The molecule has 3 aromatic carbocycles. The Morgan fingerprint density at radius 2 is 1.65 bits per heavy atom. The predicted molar refractivity (Wildman–Crippen MR) is 176 cm³/mol. The van der Waals surface area contributed by atoms with Gasteiger partial charge in [-0.2, -0.15) is 5.10 Å². The average molecular weight is 625 g/mol. The number of carboxylic acid groups (broad SMARTS) is 1. The van der Waals surface area contributed by atoms with Gasteiger partial charge in [-0.3, -0.25) is 14.3 Å². The molecule has 9 nitrogen and oxygen atoms in total. The summed E-state index contributed by atoms with van der Waals surface area (Å²) in [5.41, 5.74) is 5.45. The van der Waals surface area contributed by atoms with Gasteiger partial charge < -0.3 is 19.3 Å². The Morgan fingerprint density at radius 1 is 0.913 bits per heavy atom. The second kappa shape index (κ2) is 11.6. The van der Waals surface area contributed by atoms with E-state index in [1.54, 1.807) is 35.1 Å². The number of hydrogen-bond donors (Lipinski definition) is 1. The molecule has 2 aliphatic heterocycles. The molecule has 0 bridgehead atoms. The van der Waals surface area contributed by atoms with Crippen LogP contribution in [0.4, 0.5) is 0 Å². The SMILES string of the molecule is Cn1cc(-c2ccc3c(c2)C(=O)CC2(CCN(C(=O)c4cc(-c5ccc(C(=O)O)cc5)c5ccn(C6CC6)c5c4)CC2)O3)cn1.[NaH]. The quantitative estimate of drug-likeness (QED) is 0.250. The van der Waals surface area contributed by atoms with Crippen LogP contribution in [0.5, 0.6) is 5.75 Å². The molecule has 1 saturated heterocycles. The number of amides is 1. The van der Waals surface area contributed by atoms with E-state index in [0.29, 0.717) is 48.8 Å². The molecule has 5 aromatic rings. The molecule has 46 heavy (non-hydrogen) atoms. The van der Waals surface area contributed by atoms with E-state index in [0.717, 1.165) is 46.0 Å². The number of carbonyl (C=O) groups excluding carboxylic acids is 2. The standard InChI is InChI=1S/C36H32N4O5.Na.H/c1-38-21-26(20-37-38)24-6-9-33-30(16-24)32(41)19-36(45-33)11-14-39(15-12-36)34(42)25-17-29(22-2-4-23(5-3-22)35(43)44)28-10-13-40(27-7-8-27)31(28)18-25;;/h2-6,9-10,13,16-18,20-21,27H,7-8,11-12,14-15,19H2,1H3,(H,43,44);;. The first kappa shape index (κ1) is 30.5. The summed E-state index contributed by atoms with van der Waals surface area (Å²) in [6, 6.07) is 19.0. The molecule has 1 spiro atoms. The van der Waals surface area contributed by atoms with Crippen molar-refractivity contribution in [1.29, 1.82) is 0 Å². The van der Waals surface area contributed by atoms with Crippen LogP contribution in [0.1, 0.15) is 69.2 Å².